The summed E-state index contributed by atoms with van der Waals surface area (Å²) in [7, 11) is -5.29. The summed E-state index contributed by atoms with van der Waals surface area (Å²) in [5.41, 5.74) is -3.33. The van der Waals surface area contributed by atoms with Crippen LogP contribution in [0.15, 0.2) is 46.3 Å². The topological polar surface area (TPSA) is 76.6 Å². The van der Waals surface area contributed by atoms with Crippen LogP contribution in [0.3, 0.4) is 0 Å². The Balaban J connectivity index is 2.25. The third kappa shape index (κ3) is 4.77. The van der Waals surface area contributed by atoms with Crippen LogP contribution in [-0.4, -0.2) is 38.6 Å². The van der Waals surface area contributed by atoms with Crippen LogP contribution in [-0.2, 0) is 31.7 Å². The number of nitrogens with zero attached hydrogens (tertiary/aromatic N) is 2. The summed E-state index contributed by atoms with van der Waals surface area (Å²) < 4.78 is 114. The maximum atomic E-state index is 14.1. The molecule has 13 heteroatoms. The van der Waals surface area contributed by atoms with E-state index in [1.165, 1.54) is 6.92 Å². The van der Waals surface area contributed by atoms with Gasteiger partial charge < -0.3 is 9.64 Å². The van der Waals surface area contributed by atoms with Gasteiger partial charge in [0, 0.05) is 12.7 Å². The van der Waals surface area contributed by atoms with Crippen LogP contribution in [0.1, 0.15) is 30.9 Å². The molecule has 1 fully saturated rings. The Labute approximate surface area is 185 Å². The number of sulfone groups is 1. The molecule has 2 heterocycles. The van der Waals surface area contributed by atoms with Crippen molar-refractivity contribution in [2.75, 3.05) is 18.1 Å². The van der Waals surface area contributed by atoms with E-state index in [2.05, 4.69) is 4.98 Å². The molecular formula is C20H18F6N2O4S. The van der Waals surface area contributed by atoms with Crippen molar-refractivity contribution >= 4 is 21.6 Å². The lowest BCUT2D eigenvalue weighted by atomic mass is 10.2. The average Bonchev–Trinajstić information content (AvgIpc) is 3.22. The zero-order chi connectivity index (χ0) is 24.6. The number of alkyl halides is 6. The van der Waals surface area contributed by atoms with Crippen LogP contribution in [0.5, 0.6) is 0 Å². The molecule has 0 bridgehead atoms. The first-order chi connectivity index (χ1) is 15.3. The molecule has 2 aromatic rings. The van der Waals surface area contributed by atoms with Crippen molar-refractivity contribution in [1.29, 1.82) is 0 Å². The van der Waals surface area contributed by atoms with Gasteiger partial charge in [0.25, 0.3) is 0 Å². The quantitative estimate of drug-likeness (QED) is 0.449. The molecule has 33 heavy (non-hydrogen) atoms. The monoisotopic (exact) mass is 496 g/mol. The van der Waals surface area contributed by atoms with E-state index < -0.39 is 60.9 Å². The van der Waals surface area contributed by atoms with Gasteiger partial charge in [-0.15, -0.1) is 0 Å². The highest BCUT2D eigenvalue weighted by molar-refractivity contribution is 7.91. The van der Waals surface area contributed by atoms with Crippen molar-refractivity contribution in [2.24, 2.45) is 0 Å². The van der Waals surface area contributed by atoms with E-state index in [4.69, 9.17) is 4.74 Å². The lowest BCUT2D eigenvalue weighted by Gasteiger charge is -2.28. The third-order valence-electron chi connectivity index (χ3n) is 5.03. The number of hydrogen-bond acceptors (Lipinski definition) is 6. The number of ether oxygens (including phenoxy) is 1. The minimum Gasteiger partial charge on any atom is -0.464 e. The van der Waals surface area contributed by atoms with Crippen molar-refractivity contribution in [2.45, 2.75) is 48.0 Å². The van der Waals surface area contributed by atoms with Gasteiger partial charge in [-0.25, -0.2) is 18.2 Å². The number of anilines is 1. The molecule has 3 rings (SSSR count). The summed E-state index contributed by atoms with van der Waals surface area (Å²) in [5.74, 6) is -1.66. The van der Waals surface area contributed by atoms with E-state index in [0.717, 1.165) is 23.2 Å². The second kappa shape index (κ2) is 8.84. The van der Waals surface area contributed by atoms with Crippen LogP contribution in [0.4, 0.5) is 32.2 Å². The smallest absolute Gasteiger partial charge is 0.421 e. The molecule has 1 unspecified atom stereocenters. The highest BCUT2D eigenvalue weighted by Gasteiger charge is 2.46. The van der Waals surface area contributed by atoms with E-state index in [9.17, 15) is 39.6 Å². The zero-order valence-electron chi connectivity index (χ0n) is 17.1. The lowest BCUT2D eigenvalue weighted by Crippen LogP contribution is -2.39. The molecule has 1 aliphatic heterocycles. The van der Waals surface area contributed by atoms with Crippen LogP contribution in [0.25, 0.3) is 0 Å². The van der Waals surface area contributed by atoms with Crippen LogP contribution in [0.2, 0.25) is 0 Å². The number of aromatic nitrogens is 1. The molecule has 180 valence electrons. The molecule has 6 nitrogen and oxygen atoms in total. The van der Waals surface area contributed by atoms with Gasteiger partial charge >= 0.3 is 18.3 Å². The van der Waals surface area contributed by atoms with E-state index in [-0.39, 0.29) is 19.6 Å². The van der Waals surface area contributed by atoms with Crippen molar-refractivity contribution < 1.29 is 44.3 Å². The van der Waals surface area contributed by atoms with E-state index in [1.807, 2.05) is 0 Å². The molecule has 1 atom stereocenters. The second-order valence-corrected chi connectivity index (χ2v) is 8.99. The number of carbonyl (C=O) groups is 1. The van der Waals surface area contributed by atoms with Crippen molar-refractivity contribution in [3.8, 4) is 0 Å². The van der Waals surface area contributed by atoms with Gasteiger partial charge in [0.1, 0.15) is 17.4 Å². The molecule has 1 aromatic heterocycles. The molecule has 0 N–H and O–H groups in total. The van der Waals surface area contributed by atoms with Crippen LogP contribution >= 0.6 is 0 Å². The normalized spacial score (nSPS) is 17.3. The molecule has 0 radical (unpaired) electrons. The Bertz CT molecular complexity index is 1150. The highest BCUT2D eigenvalue weighted by atomic mass is 32.2. The molecule has 1 aromatic carbocycles. The molecule has 1 aliphatic rings. The number of hydrogen-bond donors (Lipinski definition) is 0. The number of benzene rings is 1. The summed E-state index contributed by atoms with van der Waals surface area (Å²) in [6.07, 6.45) is -9.22. The highest BCUT2D eigenvalue weighted by Crippen LogP contribution is 2.44. The van der Waals surface area contributed by atoms with Crippen molar-refractivity contribution in [1.82, 2.24) is 4.98 Å². The Kier molecular flexibility index (Phi) is 6.65. The summed E-state index contributed by atoms with van der Waals surface area (Å²) in [6, 6.07) is 2.34. The molecule has 0 amide bonds. The fraction of sp³-hybridized carbons (Fsp3) is 0.400. The third-order valence-corrected chi connectivity index (χ3v) is 6.89. The summed E-state index contributed by atoms with van der Waals surface area (Å²) in [6.45, 7) is 1.44. The summed E-state index contributed by atoms with van der Waals surface area (Å²) in [4.78, 5) is 14.2. The maximum Gasteiger partial charge on any atom is 0.421 e. The Morgan fingerprint density at radius 3 is 2.36 bits per heavy atom. The number of halogens is 6. The maximum absolute atomic E-state index is 14.1. The summed E-state index contributed by atoms with van der Waals surface area (Å²) in [5, 5.41) is 0. The first kappa shape index (κ1) is 24.8. The SMILES string of the molecule is CCOC(=O)C1CCCN1c1nccc(S(=O)(=O)c2ccccc2C(F)(F)F)c1C(F)(F)F. The number of carbonyl (C=O) groups excluding carboxylic acids is 1. The number of esters is 1. The van der Waals surface area contributed by atoms with Crippen LogP contribution in [0, 0.1) is 0 Å². The van der Waals surface area contributed by atoms with Gasteiger partial charge in [-0.2, -0.15) is 26.3 Å². The lowest BCUT2D eigenvalue weighted by molar-refractivity contribution is -0.145. The minimum absolute atomic E-state index is 0.0224. The predicted octanol–water partition coefficient (Wildman–Crippen LogP) is 4.48. The van der Waals surface area contributed by atoms with Gasteiger partial charge in [0.2, 0.25) is 9.84 Å². The Morgan fingerprint density at radius 2 is 1.76 bits per heavy atom. The van der Waals surface area contributed by atoms with Gasteiger partial charge in [-0.3, -0.25) is 0 Å². The van der Waals surface area contributed by atoms with E-state index in [1.54, 1.807) is 0 Å². The molecule has 0 spiro atoms. The Hall–Kier alpha value is -2.83. The summed E-state index contributed by atoms with van der Waals surface area (Å²) >= 11 is 0. The number of pyridine rings is 1. The molecule has 1 saturated heterocycles. The van der Waals surface area contributed by atoms with Crippen molar-refractivity contribution in [3.63, 3.8) is 0 Å². The minimum atomic E-state index is -5.30. The fourth-order valence-electron chi connectivity index (χ4n) is 3.70. The molecule has 0 saturated carbocycles. The van der Waals surface area contributed by atoms with Gasteiger partial charge in [0.15, 0.2) is 0 Å². The average molecular weight is 496 g/mol. The van der Waals surface area contributed by atoms with Gasteiger partial charge in [-0.05, 0) is 38.0 Å². The molecule has 0 aliphatic carbocycles. The first-order valence-corrected chi connectivity index (χ1v) is 11.2. The van der Waals surface area contributed by atoms with E-state index in [0.29, 0.717) is 24.6 Å². The van der Waals surface area contributed by atoms with E-state index >= 15 is 0 Å². The van der Waals surface area contributed by atoms with Crippen molar-refractivity contribution in [3.05, 3.63) is 47.7 Å². The fourth-order valence-corrected chi connectivity index (χ4v) is 5.38. The zero-order valence-corrected chi connectivity index (χ0v) is 17.9. The molecular weight excluding hydrogens is 478 g/mol. The number of rotatable bonds is 5. The van der Waals surface area contributed by atoms with Gasteiger partial charge in [0.05, 0.1) is 22.0 Å². The van der Waals surface area contributed by atoms with Gasteiger partial charge in [-0.1, -0.05) is 12.1 Å². The Morgan fingerprint density at radius 1 is 1.09 bits per heavy atom. The standard InChI is InChI=1S/C20H18F6N2O4S/c1-2-32-18(29)13-7-5-11-28(13)17-16(20(24,25)26)15(9-10-27-17)33(30,31)14-8-4-3-6-12(14)19(21,22)23/h3-4,6,8-10,13H,2,5,7,11H2,1H3. The van der Waals surface area contributed by atoms with Crippen LogP contribution < -0.4 is 4.90 Å². The second-order valence-electron chi connectivity index (χ2n) is 7.11. The predicted molar refractivity (Wildman–Crippen MR) is 103 cm³/mol. The largest absolute Gasteiger partial charge is 0.464 e. The first-order valence-electron chi connectivity index (χ1n) is 9.71.